The number of hydrogen-bond donors (Lipinski definition) is 2. The molecular formula is C13H20N4O2S. The molecule has 7 heteroatoms. The standard InChI is InChI=1S/C13H20N4O2S/c1-9-10(8-17(2)16-9)7-15-12(18)13(11(14)20)3-5-19-6-4-13/h8H,3-7H2,1-2H3,(H2,14,20)(H,15,18). The van der Waals surface area contributed by atoms with Crippen LogP contribution in [0.3, 0.4) is 0 Å². The van der Waals surface area contributed by atoms with Gasteiger partial charge in [-0.25, -0.2) is 0 Å². The van der Waals surface area contributed by atoms with E-state index in [1.807, 2.05) is 20.2 Å². The Morgan fingerprint density at radius 3 is 2.75 bits per heavy atom. The molecule has 1 fully saturated rings. The van der Waals surface area contributed by atoms with Crippen LogP contribution < -0.4 is 11.1 Å². The summed E-state index contributed by atoms with van der Waals surface area (Å²) in [5.74, 6) is -0.114. The molecule has 1 amide bonds. The van der Waals surface area contributed by atoms with E-state index >= 15 is 0 Å². The molecule has 20 heavy (non-hydrogen) atoms. The summed E-state index contributed by atoms with van der Waals surface area (Å²) in [7, 11) is 1.85. The maximum atomic E-state index is 12.5. The van der Waals surface area contributed by atoms with Gasteiger partial charge in [-0.3, -0.25) is 9.48 Å². The number of carbonyl (C=O) groups is 1. The Morgan fingerprint density at radius 1 is 1.60 bits per heavy atom. The van der Waals surface area contributed by atoms with E-state index in [0.29, 0.717) is 32.6 Å². The molecule has 0 bridgehead atoms. The average molecular weight is 296 g/mol. The summed E-state index contributed by atoms with van der Waals surface area (Å²) in [4.78, 5) is 12.7. The summed E-state index contributed by atoms with van der Waals surface area (Å²) >= 11 is 5.11. The molecule has 3 N–H and O–H groups in total. The highest BCUT2D eigenvalue weighted by Crippen LogP contribution is 2.31. The van der Waals surface area contributed by atoms with Crippen LogP contribution in [0.4, 0.5) is 0 Å². The van der Waals surface area contributed by atoms with Gasteiger partial charge < -0.3 is 15.8 Å². The molecule has 0 saturated carbocycles. The second kappa shape index (κ2) is 5.88. The molecule has 2 rings (SSSR count). The van der Waals surface area contributed by atoms with Crippen LogP contribution in [0.25, 0.3) is 0 Å². The highest BCUT2D eigenvalue weighted by atomic mass is 32.1. The average Bonchev–Trinajstić information content (AvgIpc) is 2.74. The number of nitrogens with zero attached hydrogens (tertiary/aromatic N) is 2. The number of aryl methyl sites for hydroxylation is 2. The van der Waals surface area contributed by atoms with Gasteiger partial charge in [-0.05, 0) is 19.8 Å². The van der Waals surface area contributed by atoms with Crippen molar-refractivity contribution < 1.29 is 9.53 Å². The highest BCUT2D eigenvalue weighted by molar-refractivity contribution is 7.80. The number of thiocarbonyl (C=S) groups is 1. The highest BCUT2D eigenvalue weighted by Gasteiger charge is 2.42. The fourth-order valence-electron chi connectivity index (χ4n) is 2.47. The first-order valence-electron chi connectivity index (χ1n) is 6.61. The largest absolute Gasteiger partial charge is 0.392 e. The van der Waals surface area contributed by atoms with Crippen molar-refractivity contribution in [3.63, 3.8) is 0 Å². The normalized spacial score (nSPS) is 17.7. The second-order valence-corrected chi connectivity index (χ2v) is 5.59. The van der Waals surface area contributed by atoms with Gasteiger partial charge >= 0.3 is 0 Å². The van der Waals surface area contributed by atoms with Crippen molar-refractivity contribution in [3.05, 3.63) is 17.5 Å². The van der Waals surface area contributed by atoms with E-state index in [9.17, 15) is 4.79 Å². The number of hydrogen-bond acceptors (Lipinski definition) is 4. The van der Waals surface area contributed by atoms with E-state index in [-0.39, 0.29) is 10.9 Å². The predicted octanol–water partition coefficient (Wildman–Crippen LogP) is 0.428. The minimum absolute atomic E-state index is 0.114. The number of aromatic nitrogens is 2. The van der Waals surface area contributed by atoms with Crippen LogP contribution in [-0.4, -0.2) is 33.9 Å². The minimum atomic E-state index is -0.774. The molecule has 0 spiro atoms. The van der Waals surface area contributed by atoms with Gasteiger partial charge in [0.2, 0.25) is 5.91 Å². The first-order valence-corrected chi connectivity index (χ1v) is 7.01. The summed E-state index contributed by atoms with van der Waals surface area (Å²) in [6.07, 6.45) is 2.98. The summed E-state index contributed by atoms with van der Waals surface area (Å²) in [6, 6.07) is 0. The third-order valence-electron chi connectivity index (χ3n) is 3.81. The number of amides is 1. The van der Waals surface area contributed by atoms with Crippen LogP contribution >= 0.6 is 12.2 Å². The number of carbonyl (C=O) groups excluding carboxylic acids is 1. The van der Waals surface area contributed by atoms with Crippen LogP contribution in [0.15, 0.2) is 6.20 Å². The zero-order valence-corrected chi connectivity index (χ0v) is 12.6. The Bertz CT molecular complexity index is 520. The van der Waals surface area contributed by atoms with E-state index in [4.69, 9.17) is 22.7 Å². The fraction of sp³-hybridized carbons (Fsp3) is 0.615. The Kier molecular flexibility index (Phi) is 4.39. The van der Waals surface area contributed by atoms with Crippen molar-refractivity contribution in [3.8, 4) is 0 Å². The Hall–Kier alpha value is -1.47. The van der Waals surface area contributed by atoms with Gasteiger partial charge in [-0.2, -0.15) is 5.10 Å². The molecule has 6 nitrogen and oxygen atoms in total. The maximum absolute atomic E-state index is 12.5. The van der Waals surface area contributed by atoms with E-state index in [1.54, 1.807) is 4.68 Å². The summed E-state index contributed by atoms with van der Waals surface area (Å²) in [5.41, 5.74) is 6.93. The van der Waals surface area contributed by atoms with Crippen molar-refractivity contribution in [2.24, 2.45) is 18.2 Å². The summed E-state index contributed by atoms with van der Waals surface area (Å²) in [5, 5.41) is 7.18. The van der Waals surface area contributed by atoms with E-state index in [0.717, 1.165) is 11.3 Å². The Morgan fingerprint density at radius 2 is 2.25 bits per heavy atom. The van der Waals surface area contributed by atoms with Crippen LogP contribution in [0.2, 0.25) is 0 Å². The minimum Gasteiger partial charge on any atom is -0.392 e. The summed E-state index contributed by atoms with van der Waals surface area (Å²) < 4.78 is 7.03. The third kappa shape index (κ3) is 2.83. The topological polar surface area (TPSA) is 82.2 Å². The van der Waals surface area contributed by atoms with Gasteiger partial charge in [-0.1, -0.05) is 12.2 Å². The molecule has 0 aromatic carbocycles. The van der Waals surface area contributed by atoms with Gasteiger partial charge in [0, 0.05) is 38.6 Å². The molecule has 1 aliphatic heterocycles. The quantitative estimate of drug-likeness (QED) is 0.787. The summed E-state index contributed by atoms with van der Waals surface area (Å²) in [6.45, 7) is 3.37. The fourth-order valence-corrected chi connectivity index (χ4v) is 2.77. The zero-order chi connectivity index (χ0) is 14.8. The van der Waals surface area contributed by atoms with Crippen LogP contribution in [0.1, 0.15) is 24.1 Å². The van der Waals surface area contributed by atoms with E-state index in [1.165, 1.54) is 0 Å². The molecule has 0 unspecified atom stereocenters. The maximum Gasteiger partial charge on any atom is 0.233 e. The Balaban J connectivity index is 2.06. The molecule has 1 aromatic rings. The van der Waals surface area contributed by atoms with Gasteiger partial charge in [0.1, 0.15) is 5.41 Å². The van der Waals surface area contributed by atoms with E-state index in [2.05, 4.69) is 10.4 Å². The number of ether oxygens (including phenoxy) is 1. The third-order valence-corrected chi connectivity index (χ3v) is 4.20. The lowest BCUT2D eigenvalue weighted by molar-refractivity contribution is -0.131. The van der Waals surface area contributed by atoms with Gasteiger partial charge in [0.05, 0.1) is 10.7 Å². The first-order chi connectivity index (χ1) is 9.45. The first kappa shape index (κ1) is 14.9. The molecule has 1 saturated heterocycles. The lowest BCUT2D eigenvalue weighted by Crippen LogP contribution is -2.51. The van der Waals surface area contributed by atoms with Crippen LogP contribution in [0, 0.1) is 12.3 Å². The van der Waals surface area contributed by atoms with Crippen molar-refractivity contribution in [1.29, 1.82) is 0 Å². The van der Waals surface area contributed by atoms with Crippen molar-refractivity contribution in [2.45, 2.75) is 26.3 Å². The van der Waals surface area contributed by atoms with Gasteiger partial charge in [0.25, 0.3) is 0 Å². The molecule has 110 valence electrons. The van der Waals surface area contributed by atoms with E-state index < -0.39 is 5.41 Å². The predicted molar refractivity (Wildman–Crippen MR) is 79.1 cm³/mol. The number of nitrogens with two attached hydrogens (primary N) is 1. The monoisotopic (exact) mass is 296 g/mol. The van der Waals surface area contributed by atoms with Gasteiger partial charge in [0.15, 0.2) is 0 Å². The molecular weight excluding hydrogens is 276 g/mol. The molecule has 0 radical (unpaired) electrons. The number of rotatable bonds is 4. The molecule has 1 aromatic heterocycles. The van der Waals surface area contributed by atoms with Gasteiger partial charge in [-0.15, -0.1) is 0 Å². The molecule has 0 aliphatic carbocycles. The van der Waals surface area contributed by atoms with Crippen LogP contribution in [0.5, 0.6) is 0 Å². The van der Waals surface area contributed by atoms with Crippen LogP contribution in [-0.2, 0) is 23.1 Å². The van der Waals surface area contributed by atoms with Crippen molar-refractivity contribution >= 4 is 23.1 Å². The SMILES string of the molecule is Cc1nn(C)cc1CNC(=O)C1(C(N)=S)CCOCC1. The Labute approximate surface area is 123 Å². The lowest BCUT2D eigenvalue weighted by atomic mass is 9.79. The van der Waals surface area contributed by atoms with Crippen molar-refractivity contribution in [1.82, 2.24) is 15.1 Å². The molecule has 1 aliphatic rings. The lowest BCUT2D eigenvalue weighted by Gasteiger charge is -2.34. The number of nitrogens with one attached hydrogen (secondary N) is 1. The molecule has 0 atom stereocenters. The molecule has 2 heterocycles. The van der Waals surface area contributed by atoms with Crippen molar-refractivity contribution in [2.75, 3.05) is 13.2 Å². The second-order valence-electron chi connectivity index (χ2n) is 5.15. The smallest absolute Gasteiger partial charge is 0.233 e. The zero-order valence-electron chi connectivity index (χ0n) is 11.8.